The maximum atomic E-state index is 9.32. The molecule has 1 unspecified atom stereocenters. The van der Waals surface area contributed by atoms with Crippen LogP contribution in [0, 0.1) is 5.92 Å². The molecule has 3 N–H and O–H groups in total. The predicted molar refractivity (Wildman–Crippen MR) is 41.5 cm³/mol. The van der Waals surface area contributed by atoms with Crippen LogP contribution in [-0.4, -0.2) is 17.8 Å². The zero-order valence-electron chi connectivity index (χ0n) is 6.16. The Bertz CT molecular complexity index is 122. The first-order valence-electron chi connectivity index (χ1n) is 3.87. The smallest absolute Gasteiger partial charge is 0.0693 e. The van der Waals surface area contributed by atoms with Gasteiger partial charge in [0.15, 0.2) is 0 Å². The van der Waals surface area contributed by atoms with Crippen LogP contribution < -0.4 is 5.73 Å². The maximum Gasteiger partial charge on any atom is 0.0693 e. The molecule has 2 nitrogen and oxygen atoms in total. The fourth-order valence-electron chi connectivity index (χ4n) is 1.36. The lowest BCUT2D eigenvalue weighted by atomic mass is 9.89. The first kappa shape index (κ1) is 7.76. The van der Waals surface area contributed by atoms with Crippen molar-refractivity contribution in [1.82, 2.24) is 0 Å². The number of nitrogens with two attached hydrogens (primary N) is 1. The van der Waals surface area contributed by atoms with Gasteiger partial charge in [-0.25, -0.2) is 0 Å². The summed E-state index contributed by atoms with van der Waals surface area (Å²) in [7, 11) is 0. The molecule has 1 aliphatic carbocycles. The molecular formula is C8H15NO. The average molecular weight is 141 g/mol. The molecule has 2 heteroatoms. The van der Waals surface area contributed by atoms with Crippen molar-refractivity contribution in [2.75, 3.05) is 6.54 Å². The first-order valence-corrected chi connectivity index (χ1v) is 3.87. The lowest BCUT2D eigenvalue weighted by Gasteiger charge is -2.21. The third kappa shape index (κ3) is 1.82. The normalized spacial score (nSPS) is 28.4. The summed E-state index contributed by atoms with van der Waals surface area (Å²) in [5.41, 5.74) is 5.33. The third-order valence-corrected chi connectivity index (χ3v) is 2.10. The summed E-state index contributed by atoms with van der Waals surface area (Å²) in [6, 6.07) is 0. The van der Waals surface area contributed by atoms with Crippen molar-refractivity contribution in [2.45, 2.75) is 25.4 Å². The van der Waals surface area contributed by atoms with Gasteiger partial charge in [-0.2, -0.15) is 0 Å². The summed E-state index contributed by atoms with van der Waals surface area (Å²) in [5.74, 6) is 0.412. The van der Waals surface area contributed by atoms with Gasteiger partial charge in [0.1, 0.15) is 0 Å². The molecule has 0 spiro atoms. The van der Waals surface area contributed by atoms with Gasteiger partial charge in [-0.15, -0.1) is 0 Å². The zero-order chi connectivity index (χ0) is 7.40. The van der Waals surface area contributed by atoms with Crippen molar-refractivity contribution in [3.05, 3.63) is 12.2 Å². The van der Waals surface area contributed by atoms with E-state index in [0.29, 0.717) is 12.5 Å². The van der Waals surface area contributed by atoms with Crippen LogP contribution in [0.25, 0.3) is 0 Å². The maximum absolute atomic E-state index is 9.32. The van der Waals surface area contributed by atoms with E-state index in [1.165, 1.54) is 0 Å². The van der Waals surface area contributed by atoms with Gasteiger partial charge < -0.3 is 10.8 Å². The molecule has 1 rings (SSSR count). The second-order valence-corrected chi connectivity index (χ2v) is 2.85. The van der Waals surface area contributed by atoms with E-state index in [9.17, 15) is 5.11 Å². The minimum atomic E-state index is -0.287. The zero-order valence-corrected chi connectivity index (χ0v) is 6.16. The minimum absolute atomic E-state index is 0.287. The second-order valence-electron chi connectivity index (χ2n) is 2.85. The van der Waals surface area contributed by atoms with E-state index in [4.69, 9.17) is 5.73 Å². The van der Waals surface area contributed by atoms with Crippen LogP contribution in [0.1, 0.15) is 19.3 Å². The van der Waals surface area contributed by atoms with Crippen molar-refractivity contribution in [3.8, 4) is 0 Å². The predicted octanol–water partition coefficient (Wildman–Crippen LogP) is 0.662. The van der Waals surface area contributed by atoms with Gasteiger partial charge in [-0.3, -0.25) is 0 Å². The quantitative estimate of drug-likeness (QED) is 0.555. The number of rotatable bonds is 2. The first-order chi connectivity index (χ1) is 4.84. The van der Waals surface area contributed by atoms with Crippen LogP contribution in [0.15, 0.2) is 12.2 Å². The molecule has 0 fully saturated rings. The molecule has 10 heavy (non-hydrogen) atoms. The van der Waals surface area contributed by atoms with Crippen LogP contribution in [0.2, 0.25) is 0 Å². The summed E-state index contributed by atoms with van der Waals surface area (Å²) in [6.45, 7) is 0.401. The van der Waals surface area contributed by atoms with Gasteiger partial charge in [0.25, 0.3) is 0 Å². The fourth-order valence-corrected chi connectivity index (χ4v) is 1.36. The Morgan fingerprint density at radius 3 is 2.90 bits per heavy atom. The van der Waals surface area contributed by atoms with E-state index in [0.717, 1.165) is 19.3 Å². The van der Waals surface area contributed by atoms with Crippen LogP contribution in [0.3, 0.4) is 0 Å². The Morgan fingerprint density at radius 2 is 2.40 bits per heavy atom. The molecule has 0 saturated heterocycles. The van der Waals surface area contributed by atoms with E-state index < -0.39 is 0 Å². The standard InChI is InChI=1S/C8H15NO/c9-6-8(10)7-4-2-1-3-5-7/h1-2,7-8,10H,3-6,9H2/t7?,8-/m0/s1. The molecule has 0 saturated carbocycles. The number of allylic oxidation sites excluding steroid dienone is 2. The highest BCUT2D eigenvalue weighted by molar-refractivity contribution is 4.92. The SMILES string of the molecule is NC[C@H](O)C1CC=CCC1. The summed E-state index contributed by atoms with van der Waals surface area (Å²) in [4.78, 5) is 0. The molecule has 0 aromatic carbocycles. The Balaban J connectivity index is 2.33. The molecule has 0 heterocycles. The van der Waals surface area contributed by atoms with Crippen LogP contribution in [0.4, 0.5) is 0 Å². The number of hydrogen-bond donors (Lipinski definition) is 2. The molecule has 0 bridgehead atoms. The monoisotopic (exact) mass is 141 g/mol. The number of aliphatic hydroxyl groups excluding tert-OH is 1. The number of hydrogen-bond acceptors (Lipinski definition) is 2. The highest BCUT2D eigenvalue weighted by Crippen LogP contribution is 2.20. The summed E-state index contributed by atoms with van der Waals surface area (Å²) >= 11 is 0. The molecule has 0 amide bonds. The van der Waals surface area contributed by atoms with Gasteiger partial charge in [0.05, 0.1) is 6.10 Å². The topological polar surface area (TPSA) is 46.2 Å². The highest BCUT2D eigenvalue weighted by Gasteiger charge is 2.17. The average Bonchev–Trinajstić information content (AvgIpc) is 2.05. The van der Waals surface area contributed by atoms with Crippen LogP contribution in [-0.2, 0) is 0 Å². The van der Waals surface area contributed by atoms with E-state index in [-0.39, 0.29) is 6.10 Å². The minimum Gasteiger partial charge on any atom is -0.392 e. The van der Waals surface area contributed by atoms with Crippen molar-refractivity contribution in [3.63, 3.8) is 0 Å². The van der Waals surface area contributed by atoms with E-state index in [1.807, 2.05) is 0 Å². The second kappa shape index (κ2) is 3.74. The highest BCUT2D eigenvalue weighted by atomic mass is 16.3. The van der Waals surface area contributed by atoms with Gasteiger partial charge in [-0.05, 0) is 25.2 Å². The van der Waals surface area contributed by atoms with E-state index in [2.05, 4.69) is 12.2 Å². The molecule has 0 radical (unpaired) electrons. The van der Waals surface area contributed by atoms with Crippen molar-refractivity contribution < 1.29 is 5.11 Å². The Labute approximate surface area is 61.7 Å². The van der Waals surface area contributed by atoms with Gasteiger partial charge in [0, 0.05) is 6.54 Å². The Kier molecular flexibility index (Phi) is 2.90. The molecule has 0 aliphatic heterocycles. The molecule has 58 valence electrons. The van der Waals surface area contributed by atoms with E-state index in [1.54, 1.807) is 0 Å². The molecule has 2 atom stereocenters. The number of aliphatic hydroxyl groups is 1. The van der Waals surface area contributed by atoms with Gasteiger partial charge in [0.2, 0.25) is 0 Å². The molecule has 1 aliphatic rings. The van der Waals surface area contributed by atoms with Crippen LogP contribution in [0.5, 0.6) is 0 Å². The van der Waals surface area contributed by atoms with Crippen molar-refractivity contribution in [1.29, 1.82) is 0 Å². The third-order valence-electron chi connectivity index (χ3n) is 2.10. The molecule has 0 aromatic heterocycles. The fraction of sp³-hybridized carbons (Fsp3) is 0.750. The van der Waals surface area contributed by atoms with E-state index >= 15 is 0 Å². The van der Waals surface area contributed by atoms with Crippen molar-refractivity contribution in [2.24, 2.45) is 11.7 Å². The lowest BCUT2D eigenvalue weighted by Crippen LogP contribution is -2.29. The summed E-state index contributed by atoms with van der Waals surface area (Å²) < 4.78 is 0. The van der Waals surface area contributed by atoms with Crippen molar-refractivity contribution >= 4 is 0 Å². The Morgan fingerprint density at radius 1 is 1.60 bits per heavy atom. The molecule has 0 aromatic rings. The van der Waals surface area contributed by atoms with Gasteiger partial charge >= 0.3 is 0 Å². The molecular weight excluding hydrogens is 126 g/mol. The van der Waals surface area contributed by atoms with Gasteiger partial charge in [-0.1, -0.05) is 12.2 Å². The summed E-state index contributed by atoms with van der Waals surface area (Å²) in [5, 5.41) is 9.32. The lowest BCUT2D eigenvalue weighted by molar-refractivity contribution is 0.110. The Hall–Kier alpha value is -0.340. The van der Waals surface area contributed by atoms with Crippen LogP contribution >= 0.6 is 0 Å². The largest absolute Gasteiger partial charge is 0.392 e. The summed E-state index contributed by atoms with van der Waals surface area (Å²) in [6.07, 6.45) is 7.20.